The van der Waals surface area contributed by atoms with E-state index in [-0.39, 0.29) is 0 Å². The lowest BCUT2D eigenvalue weighted by atomic mass is 9.55. The number of fused-ring (bicyclic) bond motifs is 6. The van der Waals surface area contributed by atoms with Gasteiger partial charge >= 0.3 is 0 Å². The van der Waals surface area contributed by atoms with Gasteiger partial charge in [-0.05, 0) is 93.0 Å². The van der Waals surface area contributed by atoms with Crippen LogP contribution in [0.4, 0.5) is 0 Å². The van der Waals surface area contributed by atoms with Crippen LogP contribution in [0, 0.1) is 41.4 Å². The molecule has 33 heavy (non-hydrogen) atoms. The first-order chi connectivity index (χ1) is 16.4. The van der Waals surface area contributed by atoms with E-state index in [1.165, 1.54) is 135 Å². The van der Waals surface area contributed by atoms with Crippen LogP contribution in [0.25, 0.3) is 0 Å². The fourth-order valence-electron chi connectivity index (χ4n) is 9.95. The van der Waals surface area contributed by atoms with Crippen molar-refractivity contribution in [2.24, 2.45) is 46.4 Å². The van der Waals surface area contributed by atoms with Gasteiger partial charge in [0.25, 0.3) is 0 Å². The number of hydrogen-bond acceptors (Lipinski definition) is 1. The highest BCUT2D eigenvalue weighted by Crippen LogP contribution is 2.58. The highest BCUT2D eigenvalue weighted by molar-refractivity contribution is 5.90. The van der Waals surface area contributed by atoms with Gasteiger partial charge in [0.1, 0.15) is 0 Å². The van der Waals surface area contributed by atoms with Crippen molar-refractivity contribution >= 4 is 5.71 Å². The van der Waals surface area contributed by atoms with Crippen molar-refractivity contribution in [3.63, 3.8) is 0 Å². The molecule has 6 rings (SSSR count). The molecule has 4 saturated carbocycles. The van der Waals surface area contributed by atoms with Gasteiger partial charge in [-0.2, -0.15) is 0 Å². The minimum absolute atomic E-state index is 0.818. The van der Waals surface area contributed by atoms with E-state index < -0.39 is 0 Å². The fourth-order valence-corrected chi connectivity index (χ4v) is 9.95. The van der Waals surface area contributed by atoms with E-state index in [1.807, 2.05) is 5.57 Å². The Morgan fingerprint density at radius 1 is 0.455 bits per heavy atom. The van der Waals surface area contributed by atoms with Crippen molar-refractivity contribution in [2.45, 2.75) is 141 Å². The molecule has 0 bridgehead atoms. The van der Waals surface area contributed by atoms with Crippen molar-refractivity contribution in [3.8, 4) is 0 Å². The van der Waals surface area contributed by atoms with Crippen LogP contribution in [0.3, 0.4) is 0 Å². The third-order valence-corrected chi connectivity index (χ3v) is 11.3. The Kier molecular flexibility index (Phi) is 7.32. The SMILES string of the molecule is C1CCCC2C3=C(C4CCCCCCCC4C2CCC1)C1CCCCC2CCCCC(=N3)C21. The van der Waals surface area contributed by atoms with Gasteiger partial charge in [-0.25, -0.2) is 0 Å². The summed E-state index contributed by atoms with van der Waals surface area (Å²) in [6.07, 6.45) is 32.7. The molecule has 0 aromatic carbocycles. The monoisotopic (exact) mass is 449 g/mol. The third-order valence-electron chi connectivity index (χ3n) is 11.3. The van der Waals surface area contributed by atoms with E-state index in [0.29, 0.717) is 0 Å². The lowest BCUT2D eigenvalue weighted by Crippen LogP contribution is -2.44. The van der Waals surface area contributed by atoms with E-state index >= 15 is 0 Å². The Balaban J connectivity index is 1.47. The topological polar surface area (TPSA) is 12.4 Å². The molecule has 0 aromatic heterocycles. The molecule has 1 aliphatic heterocycles. The predicted octanol–water partition coefficient (Wildman–Crippen LogP) is 9.66. The molecule has 4 fully saturated rings. The molecule has 1 heterocycles. The smallest absolute Gasteiger partial charge is 0.0434 e. The highest BCUT2D eigenvalue weighted by Gasteiger charge is 2.50. The van der Waals surface area contributed by atoms with Gasteiger partial charge in [-0.15, -0.1) is 0 Å². The van der Waals surface area contributed by atoms with Crippen molar-refractivity contribution in [3.05, 3.63) is 11.3 Å². The summed E-state index contributed by atoms with van der Waals surface area (Å²) in [5, 5.41) is 0. The average molecular weight is 450 g/mol. The molecular formula is C32H51N. The van der Waals surface area contributed by atoms with E-state index in [9.17, 15) is 0 Å². The van der Waals surface area contributed by atoms with Gasteiger partial charge in [0, 0.05) is 23.2 Å². The first-order valence-corrected chi connectivity index (χ1v) is 15.7. The Bertz CT molecular complexity index is 729. The zero-order chi connectivity index (χ0) is 22.0. The maximum atomic E-state index is 5.86. The first-order valence-electron chi connectivity index (χ1n) is 15.7. The number of aliphatic imine (C=N–C) groups is 1. The predicted molar refractivity (Wildman–Crippen MR) is 140 cm³/mol. The normalized spacial score (nSPS) is 42.7. The van der Waals surface area contributed by atoms with Gasteiger partial charge in [0.05, 0.1) is 0 Å². The number of allylic oxidation sites excluding steroid dienone is 2. The van der Waals surface area contributed by atoms with Crippen LogP contribution in [0.1, 0.15) is 141 Å². The molecule has 0 amide bonds. The number of hydrogen-bond donors (Lipinski definition) is 0. The van der Waals surface area contributed by atoms with Crippen molar-refractivity contribution in [1.82, 2.24) is 0 Å². The van der Waals surface area contributed by atoms with E-state index in [0.717, 1.165) is 41.4 Å². The molecular weight excluding hydrogens is 398 g/mol. The van der Waals surface area contributed by atoms with E-state index in [1.54, 1.807) is 17.8 Å². The number of rotatable bonds is 0. The van der Waals surface area contributed by atoms with Crippen LogP contribution in [-0.2, 0) is 0 Å². The Morgan fingerprint density at radius 3 is 1.73 bits per heavy atom. The van der Waals surface area contributed by atoms with Crippen LogP contribution >= 0.6 is 0 Å². The van der Waals surface area contributed by atoms with Crippen LogP contribution < -0.4 is 0 Å². The first kappa shape index (κ1) is 22.8. The van der Waals surface area contributed by atoms with Crippen LogP contribution in [0.2, 0.25) is 0 Å². The molecule has 0 radical (unpaired) electrons. The van der Waals surface area contributed by atoms with Crippen LogP contribution in [-0.4, -0.2) is 5.71 Å². The fraction of sp³-hybridized carbons (Fsp3) is 0.906. The molecule has 7 atom stereocenters. The quantitative estimate of drug-likeness (QED) is 0.349. The minimum Gasteiger partial charge on any atom is -0.262 e. The van der Waals surface area contributed by atoms with Gasteiger partial charge < -0.3 is 0 Å². The molecule has 0 spiro atoms. The maximum absolute atomic E-state index is 5.86. The Labute approximate surface area is 204 Å². The van der Waals surface area contributed by atoms with Gasteiger partial charge in [-0.1, -0.05) is 83.5 Å². The molecule has 0 aromatic rings. The molecule has 184 valence electrons. The lowest BCUT2D eigenvalue weighted by Gasteiger charge is -2.51. The zero-order valence-corrected chi connectivity index (χ0v) is 21.5. The second-order valence-corrected chi connectivity index (χ2v) is 13.1. The molecule has 7 unspecified atom stereocenters. The Hall–Kier alpha value is -0.590. The summed E-state index contributed by atoms with van der Waals surface area (Å²) in [6, 6.07) is 0. The second kappa shape index (κ2) is 10.6. The van der Waals surface area contributed by atoms with E-state index in [2.05, 4.69) is 0 Å². The molecule has 1 heteroatoms. The summed E-state index contributed by atoms with van der Waals surface area (Å²) in [5.74, 6) is 6.36. The minimum atomic E-state index is 0.818. The maximum Gasteiger partial charge on any atom is 0.0434 e. The zero-order valence-electron chi connectivity index (χ0n) is 21.5. The van der Waals surface area contributed by atoms with Crippen molar-refractivity contribution in [1.29, 1.82) is 0 Å². The second-order valence-electron chi connectivity index (χ2n) is 13.1. The molecule has 6 aliphatic rings. The molecule has 5 aliphatic carbocycles. The average Bonchev–Trinajstić information content (AvgIpc) is 3.02. The largest absolute Gasteiger partial charge is 0.262 e. The number of nitrogens with zero attached hydrogens (tertiary/aromatic N) is 1. The summed E-state index contributed by atoms with van der Waals surface area (Å²) in [5.41, 5.74) is 5.45. The molecule has 1 nitrogen and oxygen atoms in total. The van der Waals surface area contributed by atoms with Gasteiger partial charge in [-0.3, -0.25) is 4.99 Å². The lowest BCUT2D eigenvalue weighted by molar-refractivity contribution is 0.115. The van der Waals surface area contributed by atoms with Crippen LogP contribution in [0.5, 0.6) is 0 Å². The summed E-state index contributed by atoms with van der Waals surface area (Å²) >= 11 is 0. The van der Waals surface area contributed by atoms with Crippen LogP contribution in [0.15, 0.2) is 16.3 Å². The summed E-state index contributed by atoms with van der Waals surface area (Å²) in [6.45, 7) is 0. The summed E-state index contributed by atoms with van der Waals surface area (Å²) in [7, 11) is 0. The van der Waals surface area contributed by atoms with Gasteiger partial charge in [0.2, 0.25) is 0 Å². The highest BCUT2D eigenvalue weighted by atomic mass is 14.8. The third kappa shape index (κ3) is 4.53. The van der Waals surface area contributed by atoms with Gasteiger partial charge in [0.15, 0.2) is 0 Å². The van der Waals surface area contributed by atoms with E-state index in [4.69, 9.17) is 4.99 Å². The molecule has 0 N–H and O–H groups in total. The Morgan fingerprint density at radius 2 is 0.970 bits per heavy atom. The van der Waals surface area contributed by atoms with Crippen molar-refractivity contribution < 1.29 is 0 Å². The summed E-state index contributed by atoms with van der Waals surface area (Å²) < 4.78 is 0. The van der Waals surface area contributed by atoms with Crippen molar-refractivity contribution in [2.75, 3.05) is 0 Å². The summed E-state index contributed by atoms with van der Waals surface area (Å²) in [4.78, 5) is 5.86. The molecule has 0 saturated heterocycles. The standard InChI is InChI=1S/C32H51N/c1-3-7-17-24-25-18-8-4-2-6-10-20-27(25)32-31(26(24)19-9-5-1)28-21-13-11-15-23-16-12-14-22-29(33-32)30(23)28/h23-28,30H,1-22H2.